The Bertz CT molecular complexity index is 556. The van der Waals surface area contributed by atoms with Gasteiger partial charge in [0.05, 0.1) is 0 Å². The summed E-state index contributed by atoms with van der Waals surface area (Å²) in [7, 11) is 1.99. The van der Waals surface area contributed by atoms with Crippen molar-refractivity contribution in [3.63, 3.8) is 0 Å². The van der Waals surface area contributed by atoms with E-state index >= 15 is 0 Å². The summed E-state index contributed by atoms with van der Waals surface area (Å²) in [6, 6.07) is 13.4. The van der Waals surface area contributed by atoms with Gasteiger partial charge in [-0.1, -0.05) is 42.0 Å². The van der Waals surface area contributed by atoms with Gasteiger partial charge in [-0.05, 0) is 55.6 Å². The van der Waals surface area contributed by atoms with Crippen molar-refractivity contribution in [1.82, 2.24) is 5.32 Å². The second kappa shape index (κ2) is 5.36. The third-order valence-electron chi connectivity index (χ3n) is 3.45. The third-order valence-corrected chi connectivity index (χ3v) is 3.45. The molecule has 2 aromatic rings. The monoisotopic (exact) mass is 239 g/mol. The molecule has 1 heteroatoms. The summed E-state index contributed by atoms with van der Waals surface area (Å²) in [4.78, 5) is 0. The Morgan fingerprint density at radius 1 is 0.889 bits per heavy atom. The van der Waals surface area contributed by atoms with Gasteiger partial charge in [-0.3, -0.25) is 0 Å². The second-order valence-electron chi connectivity index (χ2n) is 4.99. The highest BCUT2D eigenvalue weighted by Gasteiger charge is 2.06. The van der Waals surface area contributed by atoms with E-state index in [4.69, 9.17) is 0 Å². The highest BCUT2D eigenvalue weighted by molar-refractivity contribution is 5.69. The van der Waals surface area contributed by atoms with Crippen LogP contribution in [0.25, 0.3) is 11.1 Å². The summed E-state index contributed by atoms with van der Waals surface area (Å²) < 4.78 is 0. The maximum atomic E-state index is 3.24. The van der Waals surface area contributed by atoms with Crippen molar-refractivity contribution in [2.45, 2.75) is 27.3 Å². The van der Waals surface area contributed by atoms with Gasteiger partial charge >= 0.3 is 0 Å². The molecule has 18 heavy (non-hydrogen) atoms. The SMILES string of the molecule is CNCc1ccc(C)cc1-c1ccc(C)c(C)c1. The van der Waals surface area contributed by atoms with Gasteiger partial charge in [0, 0.05) is 6.54 Å². The average molecular weight is 239 g/mol. The van der Waals surface area contributed by atoms with E-state index < -0.39 is 0 Å². The molecule has 0 heterocycles. The summed E-state index contributed by atoms with van der Waals surface area (Å²) in [5.41, 5.74) is 8.01. The summed E-state index contributed by atoms with van der Waals surface area (Å²) in [5, 5.41) is 3.24. The first-order valence-electron chi connectivity index (χ1n) is 6.43. The Morgan fingerprint density at radius 3 is 2.33 bits per heavy atom. The van der Waals surface area contributed by atoms with Crippen LogP contribution in [0.5, 0.6) is 0 Å². The zero-order valence-corrected chi connectivity index (χ0v) is 11.7. The van der Waals surface area contributed by atoms with Crippen LogP contribution in [0.1, 0.15) is 22.3 Å². The molecular weight excluding hydrogens is 218 g/mol. The van der Waals surface area contributed by atoms with Crippen LogP contribution in [-0.2, 0) is 6.54 Å². The van der Waals surface area contributed by atoms with Gasteiger partial charge in [0.1, 0.15) is 0 Å². The summed E-state index contributed by atoms with van der Waals surface area (Å²) in [6.45, 7) is 7.38. The van der Waals surface area contributed by atoms with Crippen LogP contribution in [0, 0.1) is 20.8 Å². The number of rotatable bonds is 3. The minimum atomic E-state index is 0.905. The number of benzene rings is 2. The molecule has 0 saturated carbocycles. The molecule has 1 N–H and O–H groups in total. The van der Waals surface area contributed by atoms with Gasteiger partial charge in [0.2, 0.25) is 0 Å². The van der Waals surface area contributed by atoms with Crippen LogP contribution in [0.2, 0.25) is 0 Å². The van der Waals surface area contributed by atoms with Crippen molar-refractivity contribution in [3.05, 3.63) is 58.7 Å². The smallest absolute Gasteiger partial charge is 0.0208 e. The fourth-order valence-corrected chi connectivity index (χ4v) is 2.21. The van der Waals surface area contributed by atoms with Crippen molar-refractivity contribution in [2.75, 3.05) is 7.05 Å². The maximum absolute atomic E-state index is 3.24. The maximum Gasteiger partial charge on any atom is 0.0208 e. The molecule has 94 valence electrons. The zero-order valence-electron chi connectivity index (χ0n) is 11.7. The van der Waals surface area contributed by atoms with E-state index in [1.807, 2.05) is 7.05 Å². The molecule has 0 radical (unpaired) electrons. The van der Waals surface area contributed by atoms with E-state index in [0.29, 0.717) is 0 Å². The van der Waals surface area contributed by atoms with Gasteiger partial charge in [0.25, 0.3) is 0 Å². The molecule has 0 saturated heterocycles. The highest BCUT2D eigenvalue weighted by Crippen LogP contribution is 2.26. The first kappa shape index (κ1) is 12.8. The first-order valence-corrected chi connectivity index (χ1v) is 6.43. The topological polar surface area (TPSA) is 12.0 Å². The molecule has 0 aliphatic rings. The molecule has 0 unspecified atom stereocenters. The minimum Gasteiger partial charge on any atom is -0.316 e. The summed E-state index contributed by atoms with van der Waals surface area (Å²) in [6.07, 6.45) is 0. The molecule has 0 aromatic heterocycles. The molecule has 1 nitrogen and oxygen atoms in total. The number of hydrogen-bond donors (Lipinski definition) is 1. The largest absolute Gasteiger partial charge is 0.316 e. The third kappa shape index (κ3) is 2.62. The number of hydrogen-bond acceptors (Lipinski definition) is 1. The van der Waals surface area contributed by atoms with E-state index in [2.05, 4.69) is 62.5 Å². The Hall–Kier alpha value is -1.60. The lowest BCUT2D eigenvalue weighted by molar-refractivity contribution is 0.819. The molecular formula is C17H21N. The quantitative estimate of drug-likeness (QED) is 0.853. The molecule has 2 aromatic carbocycles. The van der Waals surface area contributed by atoms with Crippen LogP contribution in [0.4, 0.5) is 0 Å². The van der Waals surface area contributed by atoms with E-state index in [9.17, 15) is 0 Å². The van der Waals surface area contributed by atoms with Crippen LogP contribution in [-0.4, -0.2) is 7.05 Å². The Kier molecular flexibility index (Phi) is 3.83. The van der Waals surface area contributed by atoms with Crippen LogP contribution in [0.3, 0.4) is 0 Å². The molecule has 0 amide bonds. The van der Waals surface area contributed by atoms with Crippen LogP contribution >= 0.6 is 0 Å². The summed E-state index contributed by atoms with van der Waals surface area (Å²) >= 11 is 0. The van der Waals surface area contributed by atoms with Crippen LogP contribution < -0.4 is 5.32 Å². The molecule has 0 atom stereocenters. The fourth-order valence-electron chi connectivity index (χ4n) is 2.21. The van der Waals surface area contributed by atoms with Crippen LogP contribution in [0.15, 0.2) is 36.4 Å². The van der Waals surface area contributed by atoms with E-state index in [1.54, 1.807) is 0 Å². The molecule has 0 aliphatic heterocycles. The molecule has 2 rings (SSSR count). The molecule has 0 fully saturated rings. The molecule has 0 aliphatic carbocycles. The first-order chi connectivity index (χ1) is 8.61. The van der Waals surface area contributed by atoms with Crippen molar-refractivity contribution in [2.24, 2.45) is 0 Å². The zero-order chi connectivity index (χ0) is 13.1. The van der Waals surface area contributed by atoms with Gasteiger partial charge in [0.15, 0.2) is 0 Å². The predicted molar refractivity (Wildman–Crippen MR) is 78.9 cm³/mol. The highest BCUT2D eigenvalue weighted by atomic mass is 14.8. The van der Waals surface area contributed by atoms with Crippen molar-refractivity contribution >= 4 is 0 Å². The lowest BCUT2D eigenvalue weighted by Crippen LogP contribution is -2.06. The second-order valence-corrected chi connectivity index (χ2v) is 4.99. The Morgan fingerprint density at radius 2 is 1.67 bits per heavy atom. The van der Waals surface area contributed by atoms with Gasteiger partial charge in [-0.15, -0.1) is 0 Å². The van der Waals surface area contributed by atoms with Gasteiger partial charge < -0.3 is 5.32 Å². The lowest BCUT2D eigenvalue weighted by atomic mass is 9.95. The fraction of sp³-hybridized carbons (Fsp3) is 0.294. The van der Waals surface area contributed by atoms with E-state index in [0.717, 1.165) is 6.54 Å². The predicted octanol–water partition coefficient (Wildman–Crippen LogP) is 4.00. The number of aryl methyl sites for hydroxylation is 3. The lowest BCUT2D eigenvalue weighted by Gasteiger charge is -2.12. The Labute approximate surface area is 110 Å². The molecule has 0 bridgehead atoms. The standard InChI is InChI=1S/C17H21N/c1-12-5-7-16(11-18-4)17(9-12)15-8-6-13(2)14(3)10-15/h5-10,18H,11H2,1-4H3. The van der Waals surface area contributed by atoms with Gasteiger partial charge in [-0.25, -0.2) is 0 Å². The number of nitrogens with one attached hydrogen (secondary N) is 1. The molecule has 0 spiro atoms. The van der Waals surface area contributed by atoms with Crippen molar-refractivity contribution in [3.8, 4) is 11.1 Å². The van der Waals surface area contributed by atoms with Crippen molar-refractivity contribution in [1.29, 1.82) is 0 Å². The average Bonchev–Trinajstić information content (AvgIpc) is 2.35. The summed E-state index contributed by atoms with van der Waals surface area (Å²) in [5.74, 6) is 0. The Balaban J connectivity index is 2.54. The normalized spacial score (nSPS) is 10.7. The van der Waals surface area contributed by atoms with Crippen molar-refractivity contribution < 1.29 is 0 Å². The van der Waals surface area contributed by atoms with E-state index in [-0.39, 0.29) is 0 Å². The van der Waals surface area contributed by atoms with Gasteiger partial charge in [-0.2, -0.15) is 0 Å². The van der Waals surface area contributed by atoms with E-state index in [1.165, 1.54) is 33.4 Å². The minimum absolute atomic E-state index is 0.905.